The maximum absolute atomic E-state index is 12.1. The van der Waals surface area contributed by atoms with Gasteiger partial charge in [0.25, 0.3) is 0 Å². The number of anilines is 1. The highest BCUT2D eigenvalue weighted by molar-refractivity contribution is 6.30. The molecule has 2 aromatic carbocycles. The lowest BCUT2D eigenvalue weighted by Crippen LogP contribution is -2.26. The molecule has 9 nitrogen and oxygen atoms in total. The van der Waals surface area contributed by atoms with Crippen molar-refractivity contribution in [2.75, 3.05) is 19.4 Å². The predicted molar refractivity (Wildman–Crippen MR) is 143 cm³/mol. The summed E-state index contributed by atoms with van der Waals surface area (Å²) in [5, 5.41) is 13.4. The van der Waals surface area contributed by atoms with Crippen molar-refractivity contribution in [2.45, 2.75) is 26.9 Å². The summed E-state index contributed by atoms with van der Waals surface area (Å²) in [6.45, 7) is 4.49. The lowest BCUT2D eigenvalue weighted by molar-refractivity contribution is -0.129. The first-order valence-electron chi connectivity index (χ1n) is 11.7. The topological polar surface area (TPSA) is 102 Å². The van der Waals surface area contributed by atoms with Crippen LogP contribution in [-0.2, 0) is 17.9 Å². The first-order chi connectivity index (χ1) is 17.8. The third-order valence-corrected chi connectivity index (χ3v) is 6.29. The molecule has 188 valence electrons. The quantitative estimate of drug-likeness (QED) is 0.321. The van der Waals surface area contributed by atoms with E-state index in [1.165, 1.54) is 4.90 Å². The number of rotatable bonds is 7. The summed E-state index contributed by atoms with van der Waals surface area (Å²) in [5.41, 5.74) is 5.26. The van der Waals surface area contributed by atoms with Gasteiger partial charge in [-0.1, -0.05) is 35.0 Å². The molecule has 0 aliphatic heterocycles. The normalized spacial score (nSPS) is 11.2. The van der Waals surface area contributed by atoms with Crippen LogP contribution in [0.5, 0.6) is 0 Å². The van der Waals surface area contributed by atoms with E-state index >= 15 is 0 Å². The van der Waals surface area contributed by atoms with Crippen molar-refractivity contribution >= 4 is 34.2 Å². The molecule has 0 unspecified atom stereocenters. The number of aryl methyl sites for hydroxylation is 2. The van der Waals surface area contributed by atoms with Crippen LogP contribution in [0.2, 0.25) is 5.02 Å². The van der Waals surface area contributed by atoms with E-state index in [1.54, 1.807) is 31.2 Å². The number of halogens is 1. The van der Waals surface area contributed by atoms with Gasteiger partial charge in [0.05, 0.1) is 23.0 Å². The van der Waals surface area contributed by atoms with Crippen LogP contribution < -0.4 is 5.32 Å². The summed E-state index contributed by atoms with van der Waals surface area (Å²) < 4.78 is 6.97. The summed E-state index contributed by atoms with van der Waals surface area (Å²) in [6.07, 6.45) is 3.45. The minimum Gasteiger partial charge on any atom is -0.365 e. The smallest absolute Gasteiger partial charge is 0.243 e. The summed E-state index contributed by atoms with van der Waals surface area (Å²) >= 11 is 6.19. The number of amides is 1. The van der Waals surface area contributed by atoms with Crippen LogP contribution in [0.1, 0.15) is 17.0 Å². The van der Waals surface area contributed by atoms with Crippen LogP contribution in [0.4, 0.5) is 5.82 Å². The van der Waals surface area contributed by atoms with Gasteiger partial charge in [-0.25, -0.2) is 9.97 Å². The maximum atomic E-state index is 12.1. The first kappa shape index (κ1) is 24.5. The van der Waals surface area contributed by atoms with Gasteiger partial charge >= 0.3 is 0 Å². The van der Waals surface area contributed by atoms with Crippen LogP contribution in [0.3, 0.4) is 0 Å². The average molecular weight is 516 g/mol. The van der Waals surface area contributed by atoms with Gasteiger partial charge in [-0.2, -0.15) is 5.10 Å². The minimum atomic E-state index is -0.0511. The summed E-state index contributed by atoms with van der Waals surface area (Å²) in [5.74, 6) is 1.88. The number of fused-ring (bicyclic) bond motifs is 1. The fourth-order valence-corrected chi connectivity index (χ4v) is 4.33. The Hall–Kier alpha value is -4.24. The number of hydrogen-bond donors (Lipinski definition) is 1. The molecule has 0 saturated heterocycles. The summed E-state index contributed by atoms with van der Waals surface area (Å²) in [4.78, 5) is 23.3. The number of carbonyl (C=O) groups excluding carboxylic acids is 1. The number of hydrogen-bond acceptors (Lipinski definition) is 7. The fraction of sp³-hybridized carbons (Fsp3) is 0.222. The Morgan fingerprint density at radius 3 is 2.68 bits per heavy atom. The molecule has 0 fully saturated rings. The second kappa shape index (κ2) is 10.0. The van der Waals surface area contributed by atoms with Crippen molar-refractivity contribution in [3.63, 3.8) is 0 Å². The van der Waals surface area contributed by atoms with Gasteiger partial charge in [0.2, 0.25) is 5.91 Å². The predicted octanol–water partition coefficient (Wildman–Crippen LogP) is 5.12. The molecule has 1 amide bonds. The van der Waals surface area contributed by atoms with Crippen molar-refractivity contribution in [3.8, 4) is 22.5 Å². The zero-order chi connectivity index (χ0) is 26.1. The van der Waals surface area contributed by atoms with Crippen molar-refractivity contribution in [3.05, 3.63) is 76.9 Å². The standard InChI is InChI=1S/C27H26ClN7O2/c1-16-25(17(2)37-33-16)19-8-9-23-22(11-19)27(29-12-18-6-5-7-21(28)10-18)32-26(31-23)20-13-30-35(14-20)15-24(36)34(3)4/h5-11,13-14H,12,15H2,1-4H3,(H,29,31,32). The Morgan fingerprint density at radius 1 is 1.11 bits per heavy atom. The van der Waals surface area contributed by atoms with E-state index in [2.05, 4.69) is 15.6 Å². The van der Waals surface area contributed by atoms with Crippen LogP contribution in [0.25, 0.3) is 33.4 Å². The third kappa shape index (κ3) is 5.17. The molecule has 10 heteroatoms. The third-order valence-electron chi connectivity index (χ3n) is 6.05. The van der Waals surface area contributed by atoms with Gasteiger partial charge in [-0.15, -0.1) is 0 Å². The van der Waals surface area contributed by atoms with Gasteiger partial charge in [-0.3, -0.25) is 9.48 Å². The van der Waals surface area contributed by atoms with Gasteiger partial charge < -0.3 is 14.7 Å². The monoisotopic (exact) mass is 515 g/mol. The van der Waals surface area contributed by atoms with Crippen molar-refractivity contribution < 1.29 is 9.32 Å². The van der Waals surface area contributed by atoms with Crippen molar-refractivity contribution in [2.24, 2.45) is 0 Å². The summed E-state index contributed by atoms with van der Waals surface area (Å²) in [6, 6.07) is 13.7. The van der Waals surface area contributed by atoms with Gasteiger partial charge in [-0.05, 0) is 49.2 Å². The molecular formula is C27H26ClN7O2. The van der Waals surface area contributed by atoms with Crippen LogP contribution >= 0.6 is 11.6 Å². The molecule has 1 N–H and O–H groups in total. The number of nitrogens with zero attached hydrogens (tertiary/aromatic N) is 6. The molecule has 5 aromatic rings. The van der Waals surface area contributed by atoms with Crippen LogP contribution in [0, 0.1) is 13.8 Å². The maximum Gasteiger partial charge on any atom is 0.243 e. The zero-order valence-corrected chi connectivity index (χ0v) is 21.7. The zero-order valence-electron chi connectivity index (χ0n) is 21.0. The molecule has 3 aromatic heterocycles. The molecule has 5 rings (SSSR count). The first-order valence-corrected chi connectivity index (χ1v) is 12.1. The van der Waals surface area contributed by atoms with E-state index in [4.69, 9.17) is 26.1 Å². The molecule has 0 bridgehead atoms. The Bertz CT molecular complexity index is 1590. The highest BCUT2D eigenvalue weighted by Crippen LogP contribution is 2.33. The fourth-order valence-electron chi connectivity index (χ4n) is 4.12. The van der Waals surface area contributed by atoms with Crippen LogP contribution in [-0.4, -0.2) is 49.8 Å². The highest BCUT2D eigenvalue weighted by atomic mass is 35.5. The number of likely N-dealkylation sites (N-methyl/N-ethyl adjacent to an activating group) is 1. The van der Waals surface area contributed by atoms with Crippen molar-refractivity contribution in [1.29, 1.82) is 0 Å². The van der Waals surface area contributed by atoms with E-state index in [-0.39, 0.29) is 12.5 Å². The molecular weight excluding hydrogens is 490 g/mol. The Morgan fingerprint density at radius 2 is 1.95 bits per heavy atom. The molecule has 0 atom stereocenters. The largest absolute Gasteiger partial charge is 0.365 e. The highest BCUT2D eigenvalue weighted by Gasteiger charge is 2.16. The van der Waals surface area contributed by atoms with E-state index in [1.807, 2.05) is 56.3 Å². The van der Waals surface area contributed by atoms with E-state index in [0.717, 1.165) is 39.0 Å². The molecule has 0 saturated carbocycles. The van der Waals surface area contributed by atoms with E-state index < -0.39 is 0 Å². The Balaban J connectivity index is 1.56. The molecule has 0 aliphatic rings. The molecule has 0 aliphatic carbocycles. The van der Waals surface area contributed by atoms with Gasteiger partial charge in [0.15, 0.2) is 5.82 Å². The molecule has 0 spiro atoms. The van der Waals surface area contributed by atoms with Crippen molar-refractivity contribution in [1.82, 2.24) is 29.8 Å². The Kier molecular flexibility index (Phi) is 6.62. The molecule has 37 heavy (non-hydrogen) atoms. The summed E-state index contributed by atoms with van der Waals surface area (Å²) in [7, 11) is 3.43. The van der Waals surface area contributed by atoms with Gasteiger partial charge in [0.1, 0.15) is 18.1 Å². The molecule has 0 radical (unpaired) electrons. The van der Waals surface area contributed by atoms with Crippen LogP contribution in [0.15, 0.2) is 59.4 Å². The number of aromatic nitrogens is 5. The second-order valence-corrected chi connectivity index (χ2v) is 9.46. The Labute approximate surface area is 219 Å². The van der Waals surface area contributed by atoms with E-state index in [9.17, 15) is 4.79 Å². The van der Waals surface area contributed by atoms with Gasteiger partial charge in [0, 0.05) is 42.8 Å². The average Bonchev–Trinajstić information content (AvgIpc) is 3.48. The lowest BCUT2D eigenvalue weighted by Gasteiger charge is -2.12. The number of carbonyl (C=O) groups is 1. The number of nitrogens with one attached hydrogen (secondary N) is 1. The number of benzene rings is 2. The minimum absolute atomic E-state index is 0.0511. The molecule has 3 heterocycles. The SMILES string of the molecule is Cc1noc(C)c1-c1ccc2nc(-c3cnn(CC(=O)N(C)C)c3)nc(NCc3cccc(Cl)c3)c2c1. The second-order valence-electron chi connectivity index (χ2n) is 9.03. The van der Waals surface area contributed by atoms with E-state index in [0.29, 0.717) is 28.8 Å². The lowest BCUT2D eigenvalue weighted by atomic mass is 10.0.